The van der Waals surface area contributed by atoms with Crippen molar-refractivity contribution in [3.8, 4) is 22.9 Å². The first kappa shape index (κ1) is 22.2. The fraction of sp³-hybridized carbons (Fsp3) is 0.250. The van der Waals surface area contributed by atoms with Gasteiger partial charge in [0.15, 0.2) is 0 Å². The predicted octanol–water partition coefficient (Wildman–Crippen LogP) is 2.33. The highest BCUT2D eigenvalue weighted by Crippen LogP contribution is 2.31. The molecule has 31 heavy (non-hydrogen) atoms. The second kappa shape index (κ2) is 9.14. The Morgan fingerprint density at radius 1 is 1.10 bits per heavy atom. The van der Waals surface area contributed by atoms with E-state index in [4.69, 9.17) is 14.0 Å². The molecule has 3 aromatic rings. The number of aromatic nitrogens is 2. The van der Waals surface area contributed by atoms with Crippen molar-refractivity contribution >= 4 is 16.0 Å². The molecule has 1 N–H and O–H groups in total. The summed E-state index contributed by atoms with van der Waals surface area (Å²) in [5, 5.41) is 3.88. The van der Waals surface area contributed by atoms with Crippen LogP contribution >= 0.6 is 0 Å². The van der Waals surface area contributed by atoms with Crippen LogP contribution in [-0.2, 0) is 21.3 Å². The van der Waals surface area contributed by atoms with E-state index in [1.54, 1.807) is 25.1 Å². The minimum atomic E-state index is -3.94. The van der Waals surface area contributed by atoms with Gasteiger partial charge in [-0.25, -0.2) is 17.9 Å². The molecule has 0 spiro atoms. The Labute approximate surface area is 179 Å². The quantitative estimate of drug-likeness (QED) is 0.517. The normalized spacial score (nSPS) is 11.2. The van der Waals surface area contributed by atoms with Gasteiger partial charge in [0.05, 0.1) is 43.9 Å². The summed E-state index contributed by atoms with van der Waals surface area (Å²) in [6.45, 7) is 1.44. The van der Waals surface area contributed by atoms with Crippen molar-refractivity contribution in [3.63, 3.8) is 0 Å². The Morgan fingerprint density at radius 3 is 2.55 bits per heavy atom. The molecular formula is C20H21N3O7S. The van der Waals surface area contributed by atoms with E-state index in [9.17, 15) is 13.2 Å². The second-order valence-electron chi connectivity index (χ2n) is 6.37. The van der Waals surface area contributed by atoms with E-state index in [0.717, 1.165) is 0 Å². The summed E-state index contributed by atoms with van der Waals surface area (Å²) in [5.74, 6) is 0.738. The molecule has 0 saturated carbocycles. The molecule has 1 heterocycles. The zero-order valence-corrected chi connectivity index (χ0v) is 18.1. The molecule has 0 saturated heterocycles. The second-order valence-corrected chi connectivity index (χ2v) is 8.14. The minimum Gasteiger partial charge on any atom is -0.497 e. The largest absolute Gasteiger partial charge is 0.497 e. The summed E-state index contributed by atoms with van der Waals surface area (Å²) < 4.78 is 48.0. The van der Waals surface area contributed by atoms with Crippen molar-refractivity contribution in [1.82, 2.24) is 14.9 Å². The first-order chi connectivity index (χ1) is 14.8. The lowest BCUT2D eigenvalue weighted by atomic mass is 10.1. The average Bonchev–Trinajstić information content (AvgIpc) is 3.25. The van der Waals surface area contributed by atoms with Crippen molar-refractivity contribution in [2.24, 2.45) is 0 Å². The molecule has 164 valence electrons. The fourth-order valence-corrected chi connectivity index (χ4v) is 3.76. The van der Waals surface area contributed by atoms with Crippen LogP contribution in [0.25, 0.3) is 11.4 Å². The lowest BCUT2D eigenvalue weighted by Crippen LogP contribution is -2.24. The maximum atomic E-state index is 12.6. The number of methoxy groups -OCH3 is 3. The SMILES string of the molecule is COC(=O)c1cc(S(=O)(=O)NCc2nc(-c3ccc(OC)cc3OC)no2)ccc1C. The van der Waals surface area contributed by atoms with Crippen molar-refractivity contribution in [1.29, 1.82) is 0 Å². The summed E-state index contributed by atoms with van der Waals surface area (Å²) in [7, 11) is 0.319. The molecule has 0 aliphatic carbocycles. The number of hydrogen-bond donors (Lipinski definition) is 1. The first-order valence-electron chi connectivity index (χ1n) is 9.02. The van der Waals surface area contributed by atoms with E-state index in [1.807, 2.05) is 0 Å². The number of ether oxygens (including phenoxy) is 3. The smallest absolute Gasteiger partial charge is 0.338 e. The van der Waals surface area contributed by atoms with Gasteiger partial charge in [-0.05, 0) is 36.8 Å². The van der Waals surface area contributed by atoms with Crippen LogP contribution in [0.1, 0.15) is 21.8 Å². The summed E-state index contributed by atoms with van der Waals surface area (Å²) in [6.07, 6.45) is 0. The van der Waals surface area contributed by atoms with E-state index in [1.165, 1.54) is 39.5 Å². The molecule has 0 atom stereocenters. The first-order valence-corrected chi connectivity index (χ1v) is 10.5. The Balaban J connectivity index is 1.78. The van der Waals surface area contributed by atoms with Crippen LogP contribution in [0.15, 0.2) is 45.8 Å². The van der Waals surface area contributed by atoms with Gasteiger partial charge in [0.1, 0.15) is 11.5 Å². The number of benzene rings is 2. The molecular weight excluding hydrogens is 426 g/mol. The van der Waals surface area contributed by atoms with Crippen molar-refractivity contribution < 1.29 is 31.9 Å². The standard InChI is InChI=1S/C20H21N3O7S/c1-12-5-7-14(10-16(12)20(24)29-4)31(25,26)21-11-18-22-19(23-30-18)15-8-6-13(27-2)9-17(15)28-3/h5-10,21H,11H2,1-4H3. The number of nitrogens with one attached hydrogen (secondary N) is 1. The van der Waals surface area contributed by atoms with Crippen LogP contribution in [0.4, 0.5) is 0 Å². The number of sulfonamides is 1. The molecule has 0 radical (unpaired) electrons. The maximum Gasteiger partial charge on any atom is 0.338 e. The molecule has 11 heteroatoms. The van der Waals surface area contributed by atoms with Crippen LogP contribution in [0, 0.1) is 6.92 Å². The van der Waals surface area contributed by atoms with Gasteiger partial charge in [0, 0.05) is 6.07 Å². The third-order valence-corrected chi connectivity index (χ3v) is 5.85. The third kappa shape index (κ3) is 4.84. The number of esters is 1. The summed E-state index contributed by atoms with van der Waals surface area (Å²) in [4.78, 5) is 16.0. The maximum absolute atomic E-state index is 12.6. The highest BCUT2D eigenvalue weighted by Gasteiger charge is 2.20. The molecule has 10 nitrogen and oxygen atoms in total. The van der Waals surface area contributed by atoms with Gasteiger partial charge in [0.25, 0.3) is 0 Å². The summed E-state index contributed by atoms with van der Waals surface area (Å²) in [6, 6.07) is 9.27. The summed E-state index contributed by atoms with van der Waals surface area (Å²) in [5.41, 5.74) is 1.32. The predicted molar refractivity (Wildman–Crippen MR) is 109 cm³/mol. The van der Waals surface area contributed by atoms with Crippen molar-refractivity contribution in [2.75, 3.05) is 21.3 Å². The van der Waals surface area contributed by atoms with Crippen LogP contribution < -0.4 is 14.2 Å². The molecule has 0 fully saturated rings. The highest BCUT2D eigenvalue weighted by molar-refractivity contribution is 7.89. The van der Waals surface area contributed by atoms with Crippen LogP contribution in [0.2, 0.25) is 0 Å². The van der Waals surface area contributed by atoms with Crippen LogP contribution in [-0.4, -0.2) is 45.9 Å². The minimum absolute atomic E-state index is 0.0525. The molecule has 0 aliphatic heterocycles. The van der Waals surface area contributed by atoms with E-state index < -0.39 is 16.0 Å². The lowest BCUT2D eigenvalue weighted by molar-refractivity contribution is 0.0599. The van der Waals surface area contributed by atoms with Gasteiger partial charge >= 0.3 is 5.97 Å². The number of aryl methyl sites for hydroxylation is 1. The van der Waals surface area contributed by atoms with Gasteiger partial charge in [-0.2, -0.15) is 4.98 Å². The van der Waals surface area contributed by atoms with Crippen molar-refractivity contribution in [3.05, 3.63) is 53.4 Å². The topological polar surface area (TPSA) is 130 Å². The monoisotopic (exact) mass is 447 g/mol. The van der Waals surface area contributed by atoms with Crippen molar-refractivity contribution in [2.45, 2.75) is 18.4 Å². The Kier molecular flexibility index (Phi) is 6.56. The van der Waals surface area contributed by atoms with Gasteiger partial charge < -0.3 is 18.7 Å². The summed E-state index contributed by atoms with van der Waals surface area (Å²) >= 11 is 0. The van der Waals surface area contributed by atoms with Gasteiger partial charge in [-0.1, -0.05) is 11.2 Å². The Hall–Kier alpha value is -3.44. The van der Waals surface area contributed by atoms with Crippen LogP contribution in [0.5, 0.6) is 11.5 Å². The molecule has 1 aromatic heterocycles. The number of rotatable bonds is 8. The number of carbonyl (C=O) groups is 1. The van der Waals surface area contributed by atoms with Gasteiger partial charge in [-0.15, -0.1) is 0 Å². The Morgan fingerprint density at radius 2 is 1.87 bits per heavy atom. The fourth-order valence-electron chi connectivity index (χ4n) is 2.76. The molecule has 2 aromatic carbocycles. The Bertz CT molecular complexity index is 1210. The number of carbonyl (C=O) groups excluding carboxylic acids is 1. The average molecular weight is 447 g/mol. The third-order valence-electron chi connectivity index (χ3n) is 4.46. The highest BCUT2D eigenvalue weighted by atomic mass is 32.2. The molecule has 0 unspecified atom stereocenters. The number of nitrogens with zero attached hydrogens (tertiary/aromatic N) is 2. The van der Waals surface area contributed by atoms with Gasteiger partial charge in [0.2, 0.25) is 21.7 Å². The zero-order chi connectivity index (χ0) is 22.6. The van der Waals surface area contributed by atoms with E-state index in [0.29, 0.717) is 22.6 Å². The molecule has 3 rings (SSSR count). The molecule has 0 aliphatic rings. The molecule has 0 bridgehead atoms. The molecule has 0 amide bonds. The zero-order valence-electron chi connectivity index (χ0n) is 17.3. The van der Waals surface area contributed by atoms with E-state index >= 15 is 0 Å². The van der Waals surface area contributed by atoms with Gasteiger partial charge in [-0.3, -0.25) is 0 Å². The van der Waals surface area contributed by atoms with E-state index in [-0.39, 0.29) is 28.7 Å². The lowest BCUT2D eigenvalue weighted by Gasteiger charge is -2.08. The van der Waals surface area contributed by atoms with E-state index in [2.05, 4.69) is 19.6 Å². The number of hydrogen-bond acceptors (Lipinski definition) is 9. The van der Waals surface area contributed by atoms with Crippen LogP contribution in [0.3, 0.4) is 0 Å².